The van der Waals surface area contributed by atoms with E-state index in [2.05, 4.69) is 10.5 Å². The second-order valence-corrected chi connectivity index (χ2v) is 5.17. The highest BCUT2D eigenvalue weighted by Crippen LogP contribution is 2.25. The van der Waals surface area contributed by atoms with Gasteiger partial charge in [0.1, 0.15) is 0 Å². The maximum atomic E-state index is 11.7. The van der Waals surface area contributed by atoms with Gasteiger partial charge in [-0.05, 0) is 31.0 Å². The number of nitro groups is 1. The molecule has 0 aromatic heterocycles. The van der Waals surface area contributed by atoms with Crippen LogP contribution in [-0.4, -0.2) is 23.7 Å². The van der Waals surface area contributed by atoms with E-state index < -0.39 is 10.8 Å². The molecule has 2 rings (SSSR count). The minimum Gasteiger partial charge on any atom is -0.477 e. The van der Waals surface area contributed by atoms with Crippen molar-refractivity contribution in [3.63, 3.8) is 0 Å². The van der Waals surface area contributed by atoms with Gasteiger partial charge in [0, 0.05) is 6.07 Å². The van der Waals surface area contributed by atoms with Crippen molar-refractivity contribution in [3.05, 3.63) is 69.3 Å². The Labute approximate surface area is 139 Å². The molecular weight excluding hydrogens is 310 g/mol. The zero-order valence-corrected chi connectivity index (χ0v) is 13.4. The summed E-state index contributed by atoms with van der Waals surface area (Å²) >= 11 is 0. The standard InChI is InChI=1S/C17H17N3O4/c1-12-7-8-14(13(2)9-12)10-18-19-17(21)11-24-16-6-4-3-5-15(16)20(22)23/h3-10H,11H2,1-2H3,(H,19,21)/b18-10-. The van der Waals surface area contributed by atoms with Crippen LogP contribution >= 0.6 is 0 Å². The molecule has 0 heterocycles. The Morgan fingerprint density at radius 2 is 2.04 bits per heavy atom. The number of aryl methyl sites for hydroxylation is 2. The smallest absolute Gasteiger partial charge is 0.310 e. The van der Waals surface area contributed by atoms with Crippen LogP contribution in [0.4, 0.5) is 5.69 Å². The molecule has 0 fully saturated rings. The Balaban J connectivity index is 1.90. The molecular formula is C17H17N3O4. The third kappa shape index (κ3) is 4.64. The molecule has 0 spiro atoms. The minimum absolute atomic E-state index is 0.0380. The summed E-state index contributed by atoms with van der Waals surface area (Å²) in [5.74, 6) is -0.467. The third-order valence-corrected chi connectivity index (χ3v) is 3.24. The lowest BCUT2D eigenvalue weighted by atomic mass is 10.1. The van der Waals surface area contributed by atoms with Gasteiger partial charge in [-0.25, -0.2) is 5.43 Å². The number of hydrazone groups is 1. The molecule has 0 saturated carbocycles. The number of nitrogens with one attached hydrogen (secondary N) is 1. The van der Waals surface area contributed by atoms with Crippen molar-refractivity contribution in [3.8, 4) is 5.75 Å². The second-order valence-electron chi connectivity index (χ2n) is 5.17. The Bertz CT molecular complexity index is 787. The number of para-hydroxylation sites is 2. The summed E-state index contributed by atoms with van der Waals surface area (Å²) in [6.45, 7) is 3.58. The first kappa shape index (κ1) is 17.1. The van der Waals surface area contributed by atoms with Crippen LogP contribution in [0.1, 0.15) is 16.7 Å². The fourth-order valence-corrected chi connectivity index (χ4v) is 2.05. The minimum atomic E-state index is -0.564. The van der Waals surface area contributed by atoms with E-state index in [0.29, 0.717) is 0 Å². The van der Waals surface area contributed by atoms with Crippen molar-refractivity contribution in [2.24, 2.45) is 5.10 Å². The van der Waals surface area contributed by atoms with Crippen molar-refractivity contribution in [1.29, 1.82) is 0 Å². The number of carbonyl (C=O) groups is 1. The van der Waals surface area contributed by atoms with Crippen molar-refractivity contribution < 1.29 is 14.5 Å². The van der Waals surface area contributed by atoms with Gasteiger partial charge < -0.3 is 4.74 Å². The van der Waals surface area contributed by atoms with E-state index in [1.54, 1.807) is 6.07 Å². The summed E-state index contributed by atoms with van der Waals surface area (Å²) in [5, 5.41) is 14.7. The molecule has 124 valence electrons. The molecule has 2 aromatic rings. The summed E-state index contributed by atoms with van der Waals surface area (Å²) in [6.07, 6.45) is 1.54. The van der Waals surface area contributed by atoms with E-state index in [9.17, 15) is 14.9 Å². The first-order chi connectivity index (χ1) is 11.5. The van der Waals surface area contributed by atoms with Gasteiger partial charge >= 0.3 is 5.69 Å². The molecule has 0 unspecified atom stereocenters. The summed E-state index contributed by atoms with van der Waals surface area (Å²) in [7, 11) is 0. The molecule has 0 aliphatic carbocycles. The summed E-state index contributed by atoms with van der Waals surface area (Å²) in [4.78, 5) is 22.0. The second kappa shape index (κ2) is 7.87. The predicted molar refractivity (Wildman–Crippen MR) is 90.2 cm³/mol. The highest BCUT2D eigenvalue weighted by molar-refractivity contribution is 5.84. The van der Waals surface area contributed by atoms with Gasteiger partial charge in [-0.2, -0.15) is 5.10 Å². The molecule has 0 bridgehead atoms. The maximum Gasteiger partial charge on any atom is 0.310 e. The molecule has 1 N–H and O–H groups in total. The summed E-state index contributed by atoms with van der Waals surface area (Å²) in [5.41, 5.74) is 5.22. The van der Waals surface area contributed by atoms with E-state index in [1.165, 1.54) is 24.4 Å². The average Bonchev–Trinajstić information content (AvgIpc) is 2.55. The van der Waals surface area contributed by atoms with Crippen molar-refractivity contribution >= 4 is 17.8 Å². The van der Waals surface area contributed by atoms with Crippen LogP contribution in [0, 0.1) is 24.0 Å². The van der Waals surface area contributed by atoms with Crippen LogP contribution < -0.4 is 10.2 Å². The molecule has 7 nitrogen and oxygen atoms in total. The number of hydrogen-bond donors (Lipinski definition) is 1. The van der Waals surface area contributed by atoms with E-state index >= 15 is 0 Å². The number of nitrogens with zero attached hydrogens (tertiary/aromatic N) is 2. The number of rotatable bonds is 6. The molecule has 24 heavy (non-hydrogen) atoms. The van der Waals surface area contributed by atoms with E-state index in [-0.39, 0.29) is 18.0 Å². The molecule has 1 amide bonds. The third-order valence-electron chi connectivity index (χ3n) is 3.24. The highest BCUT2D eigenvalue weighted by atomic mass is 16.6. The molecule has 2 aromatic carbocycles. The lowest BCUT2D eigenvalue weighted by Crippen LogP contribution is -2.24. The number of hydrogen-bond acceptors (Lipinski definition) is 5. The zero-order chi connectivity index (χ0) is 17.5. The van der Waals surface area contributed by atoms with Crippen molar-refractivity contribution in [2.45, 2.75) is 13.8 Å². The van der Waals surface area contributed by atoms with Gasteiger partial charge in [0.2, 0.25) is 0 Å². The normalized spacial score (nSPS) is 10.6. The topological polar surface area (TPSA) is 93.8 Å². The summed E-state index contributed by atoms with van der Waals surface area (Å²) in [6, 6.07) is 11.7. The van der Waals surface area contributed by atoms with Crippen molar-refractivity contribution in [2.75, 3.05) is 6.61 Å². The Hall–Kier alpha value is -3.22. The largest absolute Gasteiger partial charge is 0.477 e. The van der Waals surface area contributed by atoms with Gasteiger partial charge in [-0.15, -0.1) is 0 Å². The van der Waals surface area contributed by atoms with E-state index in [4.69, 9.17) is 4.74 Å². The molecule has 0 aliphatic rings. The quantitative estimate of drug-likeness (QED) is 0.501. The molecule has 0 saturated heterocycles. The van der Waals surface area contributed by atoms with Crippen LogP contribution in [0.3, 0.4) is 0 Å². The predicted octanol–water partition coefficient (Wildman–Crippen LogP) is 2.74. The Morgan fingerprint density at radius 1 is 1.29 bits per heavy atom. The van der Waals surface area contributed by atoms with Gasteiger partial charge in [0.25, 0.3) is 5.91 Å². The molecule has 0 atom stereocenters. The number of nitro benzene ring substituents is 1. The lowest BCUT2D eigenvalue weighted by molar-refractivity contribution is -0.385. The van der Waals surface area contributed by atoms with Gasteiger partial charge in [-0.1, -0.05) is 35.9 Å². The highest BCUT2D eigenvalue weighted by Gasteiger charge is 2.14. The van der Waals surface area contributed by atoms with Gasteiger partial charge in [0.05, 0.1) is 11.1 Å². The van der Waals surface area contributed by atoms with Crippen LogP contribution in [0.2, 0.25) is 0 Å². The average molecular weight is 327 g/mol. The van der Waals surface area contributed by atoms with Gasteiger partial charge in [0.15, 0.2) is 12.4 Å². The first-order valence-corrected chi connectivity index (χ1v) is 7.23. The lowest BCUT2D eigenvalue weighted by Gasteiger charge is -2.05. The number of ether oxygens (including phenoxy) is 1. The van der Waals surface area contributed by atoms with Crippen LogP contribution in [0.5, 0.6) is 5.75 Å². The molecule has 0 aliphatic heterocycles. The number of benzene rings is 2. The van der Waals surface area contributed by atoms with Crippen LogP contribution in [0.15, 0.2) is 47.6 Å². The SMILES string of the molecule is Cc1ccc(/C=N\NC(=O)COc2ccccc2[N+](=O)[O-])c(C)c1. The van der Waals surface area contributed by atoms with E-state index in [1.807, 2.05) is 32.0 Å². The molecule has 0 radical (unpaired) electrons. The van der Waals surface area contributed by atoms with Gasteiger partial charge in [-0.3, -0.25) is 14.9 Å². The van der Waals surface area contributed by atoms with Crippen molar-refractivity contribution in [1.82, 2.24) is 5.43 Å². The number of amides is 1. The van der Waals surface area contributed by atoms with E-state index in [0.717, 1.165) is 16.7 Å². The Morgan fingerprint density at radius 3 is 2.75 bits per heavy atom. The molecule has 7 heteroatoms. The Kier molecular flexibility index (Phi) is 5.62. The zero-order valence-electron chi connectivity index (χ0n) is 13.4. The fraction of sp³-hybridized carbons (Fsp3) is 0.176. The number of carbonyl (C=O) groups excluding carboxylic acids is 1. The first-order valence-electron chi connectivity index (χ1n) is 7.23. The summed E-state index contributed by atoms with van der Waals surface area (Å²) < 4.78 is 5.17. The monoisotopic (exact) mass is 327 g/mol. The van der Waals surface area contributed by atoms with Crippen LogP contribution in [-0.2, 0) is 4.79 Å². The maximum absolute atomic E-state index is 11.7. The fourth-order valence-electron chi connectivity index (χ4n) is 2.05. The van der Waals surface area contributed by atoms with Crippen LogP contribution in [0.25, 0.3) is 0 Å².